The summed E-state index contributed by atoms with van der Waals surface area (Å²) in [6.45, 7) is 4.09. The van der Waals surface area contributed by atoms with Crippen molar-refractivity contribution in [3.8, 4) is 17.0 Å². The molecule has 0 saturated heterocycles. The molecule has 1 unspecified atom stereocenters. The van der Waals surface area contributed by atoms with Crippen LogP contribution in [0.3, 0.4) is 0 Å². The highest BCUT2D eigenvalue weighted by molar-refractivity contribution is 7.10. The number of ether oxygens (including phenoxy) is 1. The summed E-state index contributed by atoms with van der Waals surface area (Å²) in [7, 11) is 1.67. The van der Waals surface area contributed by atoms with E-state index in [0.717, 1.165) is 28.4 Å². The fourth-order valence-electron chi connectivity index (χ4n) is 1.60. The first-order valence-electron chi connectivity index (χ1n) is 5.96. The van der Waals surface area contributed by atoms with E-state index >= 15 is 0 Å². The number of nitrogens with two attached hydrogens (primary N) is 1. The van der Waals surface area contributed by atoms with Crippen molar-refractivity contribution in [3.63, 3.8) is 0 Å². The van der Waals surface area contributed by atoms with Gasteiger partial charge in [0.25, 0.3) is 0 Å². The van der Waals surface area contributed by atoms with Gasteiger partial charge in [0.05, 0.1) is 18.3 Å². The summed E-state index contributed by atoms with van der Waals surface area (Å²) in [5, 5.41) is 3.02. The highest BCUT2D eigenvalue weighted by Gasteiger charge is 2.22. The number of thiazole rings is 1. The van der Waals surface area contributed by atoms with Crippen molar-refractivity contribution in [2.75, 3.05) is 7.11 Å². The van der Waals surface area contributed by atoms with Gasteiger partial charge in [0, 0.05) is 10.9 Å². The summed E-state index contributed by atoms with van der Waals surface area (Å²) in [6.07, 6.45) is 0.873. The molecule has 0 radical (unpaired) electrons. The summed E-state index contributed by atoms with van der Waals surface area (Å²) in [5.74, 6) is 0.841. The van der Waals surface area contributed by atoms with Crippen LogP contribution in [0.25, 0.3) is 11.3 Å². The zero-order chi connectivity index (χ0) is 13.2. The Kier molecular flexibility index (Phi) is 3.68. The lowest BCUT2D eigenvalue weighted by Crippen LogP contribution is -2.31. The van der Waals surface area contributed by atoms with Crippen LogP contribution in [0.1, 0.15) is 25.3 Å². The molecule has 1 aromatic carbocycles. The number of hydrogen-bond donors (Lipinski definition) is 1. The summed E-state index contributed by atoms with van der Waals surface area (Å²) < 4.78 is 5.22. The molecule has 2 rings (SSSR count). The average molecular weight is 262 g/mol. The van der Waals surface area contributed by atoms with Gasteiger partial charge in [0.1, 0.15) is 10.8 Å². The van der Waals surface area contributed by atoms with Gasteiger partial charge in [0.2, 0.25) is 0 Å². The van der Waals surface area contributed by atoms with Crippen molar-refractivity contribution >= 4 is 11.3 Å². The molecule has 2 N–H and O–H groups in total. The van der Waals surface area contributed by atoms with Gasteiger partial charge in [-0.3, -0.25) is 0 Å². The van der Waals surface area contributed by atoms with Gasteiger partial charge in [-0.05, 0) is 25.5 Å². The molecule has 0 aliphatic rings. The minimum absolute atomic E-state index is 0.345. The number of nitrogens with zero attached hydrogens (tertiary/aromatic N) is 1. The fourth-order valence-corrected chi connectivity index (χ4v) is 2.58. The summed E-state index contributed by atoms with van der Waals surface area (Å²) in [5.41, 5.74) is 7.88. The van der Waals surface area contributed by atoms with Crippen molar-refractivity contribution in [2.24, 2.45) is 5.73 Å². The molecule has 0 fully saturated rings. The molecule has 0 saturated carbocycles. The molecule has 1 heterocycles. The van der Waals surface area contributed by atoms with E-state index in [1.165, 1.54) is 0 Å². The van der Waals surface area contributed by atoms with E-state index in [9.17, 15) is 0 Å². The van der Waals surface area contributed by atoms with Crippen molar-refractivity contribution < 1.29 is 4.74 Å². The predicted molar refractivity (Wildman–Crippen MR) is 75.9 cm³/mol. The fraction of sp³-hybridized carbons (Fsp3) is 0.357. The molecule has 0 spiro atoms. The van der Waals surface area contributed by atoms with Gasteiger partial charge in [-0.1, -0.05) is 19.1 Å². The lowest BCUT2D eigenvalue weighted by molar-refractivity contribution is 0.415. The third-order valence-corrected chi connectivity index (χ3v) is 4.21. The van der Waals surface area contributed by atoms with Gasteiger partial charge in [-0.15, -0.1) is 11.3 Å². The summed E-state index contributed by atoms with van der Waals surface area (Å²) >= 11 is 1.61. The maximum atomic E-state index is 6.21. The first-order valence-corrected chi connectivity index (χ1v) is 6.84. The Balaban J connectivity index is 2.35. The molecular weight excluding hydrogens is 244 g/mol. The zero-order valence-corrected chi connectivity index (χ0v) is 11.8. The Hall–Kier alpha value is -1.39. The highest BCUT2D eigenvalue weighted by atomic mass is 32.1. The maximum absolute atomic E-state index is 6.21. The molecule has 3 nitrogen and oxygen atoms in total. The largest absolute Gasteiger partial charge is 0.497 e. The molecule has 0 aliphatic carbocycles. The number of aromatic nitrogens is 1. The first-order chi connectivity index (χ1) is 8.56. The van der Waals surface area contributed by atoms with Crippen LogP contribution in [-0.2, 0) is 5.54 Å². The van der Waals surface area contributed by atoms with E-state index in [-0.39, 0.29) is 5.54 Å². The van der Waals surface area contributed by atoms with Gasteiger partial charge in [0.15, 0.2) is 0 Å². The van der Waals surface area contributed by atoms with E-state index in [1.54, 1.807) is 18.4 Å². The van der Waals surface area contributed by atoms with Crippen LogP contribution in [-0.4, -0.2) is 12.1 Å². The lowest BCUT2D eigenvalue weighted by Gasteiger charge is -2.18. The third kappa shape index (κ3) is 2.54. The monoisotopic (exact) mass is 262 g/mol. The Bertz CT molecular complexity index is 534. The Morgan fingerprint density at radius 2 is 2.22 bits per heavy atom. The van der Waals surface area contributed by atoms with Gasteiger partial charge < -0.3 is 10.5 Å². The number of benzene rings is 1. The quantitative estimate of drug-likeness (QED) is 0.918. The van der Waals surface area contributed by atoms with Crippen molar-refractivity contribution in [2.45, 2.75) is 25.8 Å². The van der Waals surface area contributed by atoms with Crippen LogP contribution in [0.4, 0.5) is 0 Å². The molecule has 0 bridgehead atoms. The van der Waals surface area contributed by atoms with Crippen LogP contribution in [0.2, 0.25) is 0 Å². The van der Waals surface area contributed by atoms with E-state index in [2.05, 4.69) is 11.9 Å². The van der Waals surface area contributed by atoms with Crippen LogP contribution in [0, 0.1) is 0 Å². The topological polar surface area (TPSA) is 48.1 Å². The summed E-state index contributed by atoms with van der Waals surface area (Å²) in [4.78, 5) is 4.64. The van der Waals surface area contributed by atoms with Crippen molar-refractivity contribution in [1.29, 1.82) is 0 Å². The molecule has 1 atom stereocenters. The molecule has 0 amide bonds. The molecule has 4 heteroatoms. The smallest absolute Gasteiger partial charge is 0.119 e. The minimum Gasteiger partial charge on any atom is -0.497 e. The van der Waals surface area contributed by atoms with Crippen LogP contribution in [0.5, 0.6) is 5.75 Å². The zero-order valence-electron chi connectivity index (χ0n) is 10.9. The normalized spacial score (nSPS) is 14.2. The standard InChI is InChI=1S/C14H18N2OS/c1-4-14(2,15)13-16-12(9-18-13)10-6-5-7-11(8-10)17-3/h5-9H,4,15H2,1-3H3. The molecular formula is C14H18N2OS. The van der Waals surface area contributed by atoms with E-state index in [1.807, 2.05) is 36.6 Å². The second-order valence-corrected chi connectivity index (χ2v) is 5.40. The van der Waals surface area contributed by atoms with Gasteiger partial charge in [-0.2, -0.15) is 0 Å². The van der Waals surface area contributed by atoms with Gasteiger partial charge in [-0.25, -0.2) is 4.98 Å². The van der Waals surface area contributed by atoms with E-state index in [0.29, 0.717) is 0 Å². The molecule has 0 aliphatic heterocycles. The van der Waals surface area contributed by atoms with Crippen molar-refractivity contribution in [1.82, 2.24) is 4.98 Å². The lowest BCUT2D eigenvalue weighted by atomic mass is 10.0. The first kappa shape index (κ1) is 13.1. The maximum Gasteiger partial charge on any atom is 0.119 e. The van der Waals surface area contributed by atoms with Crippen LogP contribution >= 0.6 is 11.3 Å². The average Bonchev–Trinajstić information content (AvgIpc) is 2.89. The van der Waals surface area contributed by atoms with E-state index < -0.39 is 0 Å². The SMILES string of the molecule is CCC(C)(N)c1nc(-c2cccc(OC)c2)cs1. The predicted octanol–water partition coefficient (Wildman–Crippen LogP) is 3.40. The Morgan fingerprint density at radius 3 is 2.89 bits per heavy atom. The number of rotatable bonds is 4. The summed E-state index contributed by atoms with van der Waals surface area (Å²) in [6, 6.07) is 7.91. The number of methoxy groups -OCH3 is 1. The molecule has 96 valence electrons. The molecule has 1 aromatic heterocycles. The second-order valence-electron chi connectivity index (χ2n) is 4.54. The second kappa shape index (κ2) is 5.08. The van der Waals surface area contributed by atoms with Crippen LogP contribution in [0.15, 0.2) is 29.6 Å². The highest BCUT2D eigenvalue weighted by Crippen LogP contribution is 2.30. The Morgan fingerprint density at radius 1 is 1.44 bits per heavy atom. The van der Waals surface area contributed by atoms with Crippen LogP contribution < -0.4 is 10.5 Å². The number of hydrogen-bond acceptors (Lipinski definition) is 4. The Labute approximate surface area is 112 Å². The minimum atomic E-state index is -0.345. The third-order valence-electron chi connectivity index (χ3n) is 3.09. The van der Waals surface area contributed by atoms with Gasteiger partial charge >= 0.3 is 0 Å². The van der Waals surface area contributed by atoms with Crippen molar-refractivity contribution in [3.05, 3.63) is 34.7 Å². The molecule has 18 heavy (non-hydrogen) atoms. The molecule has 2 aromatic rings. The van der Waals surface area contributed by atoms with E-state index in [4.69, 9.17) is 10.5 Å².